The predicted molar refractivity (Wildman–Crippen MR) is 85.2 cm³/mol. The second kappa shape index (κ2) is 6.26. The van der Waals surface area contributed by atoms with E-state index in [1.165, 1.54) is 22.5 Å². The Morgan fingerprint density at radius 3 is 2.48 bits per heavy atom. The van der Waals surface area contributed by atoms with Crippen LogP contribution in [0.4, 0.5) is 5.69 Å². The molecule has 0 amide bonds. The van der Waals surface area contributed by atoms with E-state index in [2.05, 4.69) is 11.1 Å². The Hall–Kier alpha value is -1.88. The minimum Gasteiger partial charge on any atom is -0.481 e. The molecular weight excluding hydrogens is 284 g/mol. The predicted octanol–water partition coefficient (Wildman–Crippen LogP) is 3.61. The standard InChI is InChI=1S/C16H20N2O2S/c1-5-18-9-14(12(4)15(19)20)21-16(18)17-13-7-10(2)6-11(3)8-13/h6-9,12H,5H2,1-4H3,(H,19,20). The monoisotopic (exact) mass is 304 g/mol. The maximum atomic E-state index is 11.1. The van der Waals surface area contributed by atoms with E-state index in [1.54, 1.807) is 6.92 Å². The van der Waals surface area contributed by atoms with Crippen LogP contribution in [0.1, 0.15) is 35.8 Å². The van der Waals surface area contributed by atoms with Crippen molar-refractivity contribution in [2.75, 3.05) is 0 Å². The van der Waals surface area contributed by atoms with E-state index < -0.39 is 11.9 Å². The molecule has 1 aromatic heterocycles. The Labute approximate surface area is 128 Å². The summed E-state index contributed by atoms with van der Waals surface area (Å²) in [6.45, 7) is 8.60. The number of benzene rings is 1. The molecule has 0 spiro atoms. The van der Waals surface area contributed by atoms with Crippen LogP contribution >= 0.6 is 11.3 Å². The second-order valence-electron chi connectivity index (χ2n) is 5.22. The highest BCUT2D eigenvalue weighted by Gasteiger charge is 2.16. The quantitative estimate of drug-likeness (QED) is 0.938. The van der Waals surface area contributed by atoms with Gasteiger partial charge in [0.05, 0.1) is 11.6 Å². The van der Waals surface area contributed by atoms with Gasteiger partial charge in [-0.15, -0.1) is 11.3 Å². The number of aromatic nitrogens is 1. The van der Waals surface area contributed by atoms with Gasteiger partial charge < -0.3 is 9.67 Å². The minimum atomic E-state index is -0.808. The molecule has 2 aromatic rings. The van der Waals surface area contributed by atoms with E-state index in [1.807, 2.05) is 43.7 Å². The number of hydrogen-bond donors (Lipinski definition) is 1. The zero-order chi connectivity index (χ0) is 15.6. The number of thiazole rings is 1. The Morgan fingerprint density at radius 2 is 1.95 bits per heavy atom. The molecule has 1 unspecified atom stereocenters. The minimum absolute atomic E-state index is 0.504. The van der Waals surface area contributed by atoms with Crippen molar-refractivity contribution in [1.82, 2.24) is 4.57 Å². The Morgan fingerprint density at radius 1 is 1.33 bits per heavy atom. The molecule has 0 aliphatic rings. The first-order chi connectivity index (χ1) is 9.90. The van der Waals surface area contributed by atoms with E-state index in [4.69, 9.17) is 5.11 Å². The third-order valence-corrected chi connectivity index (χ3v) is 4.51. The highest BCUT2D eigenvalue weighted by atomic mass is 32.1. The van der Waals surface area contributed by atoms with Gasteiger partial charge in [-0.05, 0) is 51.0 Å². The summed E-state index contributed by atoms with van der Waals surface area (Å²) in [5.41, 5.74) is 3.26. The lowest BCUT2D eigenvalue weighted by atomic mass is 10.1. The first-order valence-electron chi connectivity index (χ1n) is 6.96. The van der Waals surface area contributed by atoms with Gasteiger partial charge in [0.15, 0.2) is 4.80 Å². The zero-order valence-electron chi connectivity index (χ0n) is 12.8. The van der Waals surface area contributed by atoms with E-state index in [0.717, 1.165) is 21.9 Å². The van der Waals surface area contributed by atoms with E-state index in [0.29, 0.717) is 0 Å². The average Bonchev–Trinajstić information content (AvgIpc) is 2.79. The third kappa shape index (κ3) is 3.61. The highest BCUT2D eigenvalue weighted by Crippen LogP contribution is 2.20. The van der Waals surface area contributed by atoms with Crippen LogP contribution < -0.4 is 4.80 Å². The van der Waals surface area contributed by atoms with Gasteiger partial charge in [0.1, 0.15) is 0 Å². The average molecular weight is 304 g/mol. The summed E-state index contributed by atoms with van der Waals surface area (Å²) in [5.74, 6) is -1.31. The SMILES string of the molecule is CCn1cc(C(C)C(=O)O)sc1=Nc1cc(C)cc(C)c1. The summed E-state index contributed by atoms with van der Waals surface area (Å²) in [6.07, 6.45) is 1.89. The fourth-order valence-corrected chi connectivity index (χ4v) is 3.28. The van der Waals surface area contributed by atoms with Crippen LogP contribution in [0.2, 0.25) is 0 Å². The molecule has 0 radical (unpaired) electrons. The van der Waals surface area contributed by atoms with Crippen molar-refractivity contribution >= 4 is 23.0 Å². The summed E-state index contributed by atoms with van der Waals surface area (Å²) in [7, 11) is 0. The van der Waals surface area contributed by atoms with Gasteiger partial charge in [-0.2, -0.15) is 0 Å². The van der Waals surface area contributed by atoms with Crippen LogP contribution in [-0.4, -0.2) is 15.6 Å². The van der Waals surface area contributed by atoms with Gasteiger partial charge in [-0.3, -0.25) is 4.79 Å². The second-order valence-corrected chi connectivity index (χ2v) is 6.26. The van der Waals surface area contributed by atoms with Gasteiger partial charge in [-0.25, -0.2) is 4.99 Å². The van der Waals surface area contributed by atoms with E-state index >= 15 is 0 Å². The van der Waals surface area contributed by atoms with E-state index in [-0.39, 0.29) is 0 Å². The van der Waals surface area contributed by atoms with Crippen molar-refractivity contribution in [3.05, 3.63) is 45.2 Å². The summed E-state index contributed by atoms with van der Waals surface area (Å²) in [6, 6.07) is 6.18. The first-order valence-corrected chi connectivity index (χ1v) is 7.78. The molecule has 2 rings (SSSR count). The number of carboxylic acids is 1. The molecule has 112 valence electrons. The van der Waals surface area contributed by atoms with Gasteiger partial charge >= 0.3 is 5.97 Å². The summed E-state index contributed by atoms with van der Waals surface area (Å²) in [4.78, 5) is 17.5. The van der Waals surface area contributed by atoms with Crippen LogP contribution in [0.25, 0.3) is 0 Å². The molecule has 0 aliphatic heterocycles. The molecule has 1 atom stereocenters. The van der Waals surface area contributed by atoms with Crippen LogP contribution in [0, 0.1) is 13.8 Å². The summed E-state index contributed by atoms with van der Waals surface area (Å²) >= 11 is 1.44. The Bertz CT molecular complexity index is 708. The van der Waals surface area contributed by atoms with Crippen molar-refractivity contribution < 1.29 is 9.90 Å². The summed E-state index contributed by atoms with van der Waals surface area (Å²) < 4.78 is 2.00. The molecule has 0 aliphatic carbocycles. The molecule has 5 heteroatoms. The number of carboxylic acid groups (broad SMARTS) is 1. The molecule has 21 heavy (non-hydrogen) atoms. The van der Waals surface area contributed by atoms with E-state index in [9.17, 15) is 4.79 Å². The van der Waals surface area contributed by atoms with Crippen molar-refractivity contribution in [1.29, 1.82) is 0 Å². The van der Waals surface area contributed by atoms with Gasteiger partial charge in [0.2, 0.25) is 0 Å². The number of carbonyl (C=O) groups is 1. The molecule has 0 fully saturated rings. The third-order valence-electron chi connectivity index (χ3n) is 3.31. The maximum absolute atomic E-state index is 11.1. The largest absolute Gasteiger partial charge is 0.481 e. The van der Waals surface area contributed by atoms with Crippen LogP contribution in [0.15, 0.2) is 29.4 Å². The van der Waals surface area contributed by atoms with Crippen LogP contribution in [0.5, 0.6) is 0 Å². The van der Waals surface area contributed by atoms with Gasteiger partial charge in [0, 0.05) is 17.6 Å². The lowest BCUT2D eigenvalue weighted by Crippen LogP contribution is -2.11. The Balaban J connectivity index is 2.51. The molecular formula is C16H20N2O2S. The normalized spacial score (nSPS) is 13.4. The van der Waals surface area contributed by atoms with Crippen molar-refractivity contribution in [2.24, 2.45) is 4.99 Å². The smallest absolute Gasteiger partial charge is 0.311 e. The topological polar surface area (TPSA) is 54.6 Å². The lowest BCUT2D eigenvalue weighted by Gasteiger charge is -2.00. The molecule has 0 bridgehead atoms. The van der Waals surface area contributed by atoms with Gasteiger partial charge in [-0.1, -0.05) is 6.07 Å². The van der Waals surface area contributed by atoms with Crippen molar-refractivity contribution in [2.45, 2.75) is 40.2 Å². The van der Waals surface area contributed by atoms with Crippen molar-refractivity contribution in [3.8, 4) is 0 Å². The zero-order valence-corrected chi connectivity index (χ0v) is 13.6. The number of aryl methyl sites for hydroxylation is 3. The maximum Gasteiger partial charge on any atom is 0.311 e. The summed E-state index contributed by atoms with van der Waals surface area (Å²) in [5, 5.41) is 9.14. The fourth-order valence-electron chi connectivity index (χ4n) is 2.16. The number of rotatable bonds is 4. The van der Waals surface area contributed by atoms with Crippen molar-refractivity contribution in [3.63, 3.8) is 0 Å². The molecule has 1 N–H and O–H groups in total. The lowest BCUT2D eigenvalue weighted by molar-refractivity contribution is -0.138. The van der Waals surface area contributed by atoms with Crippen LogP contribution in [0.3, 0.4) is 0 Å². The van der Waals surface area contributed by atoms with Crippen LogP contribution in [-0.2, 0) is 11.3 Å². The van der Waals surface area contributed by atoms with Gasteiger partial charge in [0.25, 0.3) is 0 Å². The Kier molecular flexibility index (Phi) is 4.63. The highest BCUT2D eigenvalue weighted by molar-refractivity contribution is 7.09. The molecule has 0 saturated heterocycles. The first kappa shape index (κ1) is 15.5. The number of aliphatic carboxylic acids is 1. The molecule has 1 heterocycles. The molecule has 1 aromatic carbocycles. The number of hydrogen-bond acceptors (Lipinski definition) is 3. The fraction of sp³-hybridized carbons (Fsp3) is 0.375. The molecule has 0 saturated carbocycles. The molecule has 4 nitrogen and oxygen atoms in total. The number of nitrogens with zero attached hydrogens (tertiary/aromatic N) is 2.